The monoisotopic (exact) mass is 575 g/mol. The Morgan fingerprint density at radius 2 is 0.867 bits per heavy atom. The van der Waals surface area contributed by atoms with Gasteiger partial charge in [-0.3, -0.25) is 9.59 Å². The van der Waals surface area contributed by atoms with Gasteiger partial charge in [-0.15, -0.1) is 0 Å². The smallest absolute Gasteiger partial charge is 0.266 e. The molecule has 0 aliphatic carbocycles. The van der Waals surface area contributed by atoms with E-state index in [0.717, 1.165) is 65.7 Å². The number of hydrogen-bond acceptors (Lipinski definition) is 2. The van der Waals surface area contributed by atoms with Gasteiger partial charge >= 0.3 is 0 Å². The van der Waals surface area contributed by atoms with Crippen LogP contribution in [-0.4, -0.2) is 4.57 Å². The molecule has 0 saturated carbocycles. The summed E-state index contributed by atoms with van der Waals surface area (Å²) in [6.07, 6.45) is 0. The molecule has 0 bridgehead atoms. The molecular formula is C42H25NO2. The first-order valence-electron chi connectivity index (χ1n) is 15.4. The highest BCUT2D eigenvalue weighted by atomic mass is 16.2. The van der Waals surface area contributed by atoms with Crippen LogP contribution in [0.15, 0.2) is 125 Å². The van der Waals surface area contributed by atoms with Gasteiger partial charge in [0, 0.05) is 0 Å². The summed E-state index contributed by atoms with van der Waals surface area (Å²) in [4.78, 5) is 29.4. The van der Waals surface area contributed by atoms with Crippen LogP contribution < -0.4 is 11.1 Å². The number of aryl methyl sites for hydroxylation is 2. The van der Waals surface area contributed by atoms with Crippen LogP contribution in [-0.2, 0) is 0 Å². The molecule has 0 aliphatic heterocycles. The fourth-order valence-corrected chi connectivity index (χ4v) is 8.21. The summed E-state index contributed by atoms with van der Waals surface area (Å²) in [6.45, 7) is 4.00. The van der Waals surface area contributed by atoms with Gasteiger partial charge < -0.3 is 0 Å². The molecule has 210 valence electrons. The van der Waals surface area contributed by atoms with Crippen molar-refractivity contribution in [1.82, 2.24) is 4.57 Å². The van der Waals surface area contributed by atoms with E-state index in [9.17, 15) is 9.59 Å². The molecule has 0 spiro atoms. The molecule has 0 amide bonds. The highest BCUT2D eigenvalue weighted by Crippen LogP contribution is 2.53. The zero-order chi connectivity index (χ0) is 30.1. The Morgan fingerprint density at radius 1 is 0.422 bits per heavy atom. The van der Waals surface area contributed by atoms with E-state index in [2.05, 4.69) is 91.0 Å². The van der Waals surface area contributed by atoms with Gasteiger partial charge in [-0.1, -0.05) is 91.0 Å². The maximum atomic E-state index is 14.7. The Bertz CT molecular complexity index is 2710. The minimum atomic E-state index is -0.259. The Morgan fingerprint density at radius 3 is 1.33 bits per heavy atom. The van der Waals surface area contributed by atoms with Crippen molar-refractivity contribution >= 4 is 64.6 Å². The minimum absolute atomic E-state index is 0.259. The Balaban J connectivity index is 1.53. The average molecular weight is 576 g/mol. The lowest BCUT2D eigenvalue weighted by molar-refractivity contribution is 0.986. The fourth-order valence-electron chi connectivity index (χ4n) is 8.21. The van der Waals surface area contributed by atoms with E-state index >= 15 is 0 Å². The van der Waals surface area contributed by atoms with Gasteiger partial charge in [-0.2, -0.15) is 0 Å². The predicted molar refractivity (Wildman–Crippen MR) is 188 cm³/mol. The fraction of sp³-hybridized carbons (Fsp3) is 0.0476. The summed E-state index contributed by atoms with van der Waals surface area (Å²) in [5, 5.41) is 11.9. The second-order valence-electron chi connectivity index (χ2n) is 12.5. The van der Waals surface area contributed by atoms with E-state index in [4.69, 9.17) is 0 Å². The van der Waals surface area contributed by atoms with E-state index in [-0.39, 0.29) is 11.1 Å². The highest BCUT2D eigenvalue weighted by molar-refractivity contribution is 6.50. The molecular weight excluding hydrogens is 550 g/mol. The molecule has 0 saturated heterocycles. The van der Waals surface area contributed by atoms with Crippen LogP contribution in [0.3, 0.4) is 0 Å². The van der Waals surface area contributed by atoms with Crippen molar-refractivity contribution in [2.45, 2.75) is 13.8 Å². The molecule has 0 radical (unpaired) electrons. The molecule has 1 aromatic heterocycles. The summed E-state index contributed by atoms with van der Waals surface area (Å²) >= 11 is 0. The van der Waals surface area contributed by atoms with Crippen molar-refractivity contribution in [2.75, 3.05) is 0 Å². The maximum absolute atomic E-state index is 14.7. The zero-order valence-electron chi connectivity index (χ0n) is 24.7. The molecule has 1 heterocycles. The van der Waals surface area contributed by atoms with Gasteiger partial charge in [0.2, 0.25) is 0 Å². The number of fused-ring (bicyclic) bond motifs is 3. The molecule has 10 aromatic rings. The first-order valence-corrected chi connectivity index (χ1v) is 15.4. The topological polar surface area (TPSA) is 39.1 Å². The third-order valence-electron chi connectivity index (χ3n) is 9.89. The van der Waals surface area contributed by atoms with Gasteiger partial charge in [0.05, 0.1) is 16.5 Å². The largest absolute Gasteiger partial charge is 0.268 e. The molecule has 0 atom stereocenters. The van der Waals surface area contributed by atoms with E-state index in [1.54, 1.807) is 0 Å². The van der Waals surface area contributed by atoms with Crippen LogP contribution in [0.2, 0.25) is 0 Å². The van der Waals surface area contributed by atoms with Crippen LogP contribution in [0.1, 0.15) is 11.1 Å². The molecule has 0 fully saturated rings. The second-order valence-corrected chi connectivity index (χ2v) is 12.5. The van der Waals surface area contributed by atoms with Crippen molar-refractivity contribution < 1.29 is 0 Å². The van der Waals surface area contributed by atoms with Crippen molar-refractivity contribution in [1.29, 1.82) is 0 Å². The van der Waals surface area contributed by atoms with Gasteiger partial charge in [0.1, 0.15) is 0 Å². The molecule has 0 unspecified atom stereocenters. The predicted octanol–water partition coefficient (Wildman–Crippen LogP) is 9.82. The summed E-state index contributed by atoms with van der Waals surface area (Å²) < 4.78 is 1.40. The number of aromatic nitrogens is 1. The van der Waals surface area contributed by atoms with Crippen molar-refractivity contribution in [2.24, 2.45) is 0 Å². The third-order valence-corrected chi connectivity index (χ3v) is 9.89. The van der Waals surface area contributed by atoms with E-state index in [1.165, 1.54) is 26.1 Å². The Hall–Kier alpha value is -5.80. The van der Waals surface area contributed by atoms with Crippen molar-refractivity contribution in [3.63, 3.8) is 0 Å². The molecule has 3 heteroatoms. The Labute approximate surface area is 257 Å². The molecule has 10 rings (SSSR count). The first-order chi connectivity index (χ1) is 22.0. The quantitative estimate of drug-likeness (QED) is 0.197. The highest BCUT2D eigenvalue weighted by Gasteiger charge is 2.29. The molecule has 0 aliphatic rings. The molecule has 9 aromatic carbocycles. The lowest BCUT2D eigenvalue weighted by Crippen LogP contribution is -2.23. The normalized spacial score (nSPS) is 12.4. The van der Waals surface area contributed by atoms with Crippen molar-refractivity contribution in [3.8, 4) is 27.9 Å². The molecule has 45 heavy (non-hydrogen) atoms. The van der Waals surface area contributed by atoms with Crippen LogP contribution in [0.25, 0.3) is 92.6 Å². The van der Waals surface area contributed by atoms with E-state index in [0.29, 0.717) is 16.5 Å². The second kappa shape index (κ2) is 8.43. The zero-order valence-corrected chi connectivity index (χ0v) is 24.7. The summed E-state index contributed by atoms with van der Waals surface area (Å²) in [5.41, 5.74) is 6.44. The van der Waals surface area contributed by atoms with Gasteiger partial charge in [0.15, 0.2) is 0 Å². The summed E-state index contributed by atoms with van der Waals surface area (Å²) in [5.74, 6) is 0. The molecule has 3 nitrogen and oxygen atoms in total. The lowest BCUT2D eigenvalue weighted by Gasteiger charge is -2.12. The van der Waals surface area contributed by atoms with E-state index < -0.39 is 0 Å². The summed E-state index contributed by atoms with van der Waals surface area (Å²) in [7, 11) is 0. The first kappa shape index (κ1) is 24.6. The van der Waals surface area contributed by atoms with Crippen LogP contribution >= 0.6 is 0 Å². The van der Waals surface area contributed by atoms with Gasteiger partial charge in [-0.05, 0) is 125 Å². The average Bonchev–Trinajstić information content (AvgIpc) is 3.55. The number of hydrogen-bond donors (Lipinski definition) is 0. The SMILES string of the molecule is Cc1cc(C)cc(-n2c(=O)c3c4cc(-c5ccccc5)c5ccc6ccc7c(-c8ccccc8)cc(c3c2=O)c2c7c6c5c42)c1. The minimum Gasteiger partial charge on any atom is -0.268 e. The third kappa shape index (κ3) is 3.05. The Kier molecular flexibility index (Phi) is 4.61. The number of rotatable bonds is 3. The molecule has 0 N–H and O–H groups in total. The standard InChI is InChI=1S/C42H25NO2/c1-22-17-23(2)19-27(18-22)43-41(44)39-32-20-30(24-9-5-3-6-10-24)28-15-13-26-14-16-29-31(25-11-7-4-8-12-25)21-33(40(39)42(43)45)38-36(29)34(26)35(28)37(32)38/h3-21H,1-2H3. The number of benzene rings is 8. The summed E-state index contributed by atoms with van der Waals surface area (Å²) in [6, 6.07) is 39.9. The maximum Gasteiger partial charge on any atom is 0.266 e. The van der Waals surface area contributed by atoms with Gasteiger partial charge in [0.25, 0.3) is 11.1 Å². The van der Waals surface area contributed by atoms with Crippen LogP contribution in [0.4, 0.5) is 0 Å². The van der Waals surface area contributed by atoms with Crippen LogP contribution in [0, 0.1) is 13.8 Å². The number of nitrogens with zero attached hydrogens (tertiary/aromatic N) is 1. The van der Waals surface area contributed by atoms with Crippen molar-refractivity contribution in [3.05, 3.63) is 147 Å². The van der Waals surface area contributed by atoms with Crippen LogP contribution in [0.5, 0.6) is 0 Å². The van der Waals surface area contributed by atoms with E-state index in [1.807, 2.05) is 38.1 Å². The lowest BCUT2D eigenvalue weighted by atomic mass is 9.89. The van der Waals surface area contributed by atoms with Gasteiger partial charge in [-0.25, -0.2) is 4.57 Å².